The number of carbonyl (C=O) groups is 2. The summed E-state index contributed by atoms with van der Waals surface area (Å²) in [7, 11) is 0. The van der Waals surface area contributed by atoms with Crippen molar-refractivity contribution < 1.29 is 14.0 Å². The Morgan fingerprint density at radius 1 is 0.914 bits per heavy atom. The number of amides is 2. The van der Waals surface area contributed by atoms with Gasteiger partial charge in [-0.3, -0.25) is 9.59 Å². The van der Waals surface area contributed by atoms with Gasteiger partial charge >= 0.3 is 0 Å². The van der Waals surface area contributed by atoms with Crippen LogP contribution in [0, 0.1) is 5.82 Å². The smallest absolute Gasteiger partial charge is 0.259 e. The number of hydrogen-bond donors (Lipinski definition) is 1. The van der Waals surface area contributed by atoms with Crippen LogP contribution in [0.2, 0.25) is 0 Å². The van der Waals surface area contributed by atoms with Crippen LogP contribution in [0.3, 0.4) is 0 Å². The Bertz CT molecular complexity index is 1410. The molecule has 0 spiro atoms. The molecule has 5 rings (SSSR count). The minimum atomic E-state index is -0.377. The first kappa shape index (κ1) is 22.9. The minimum Gasteiger partial charge on any atom is -0.346 e. The lowest BCUT2D eigenvalue weighted by atomic mass is 10.1. The highest BCUT2D eigenvalue weighted by atomic mass is 32.2. The number of fused-ring (bicyclic) bond motifs is 2. The first-order valence-electron chi connectivity index (χ1n) is 11.3. The predicted octanol–water partition coefficient (Wildman–Crippen LogP) is 6.63. The SMILES string of the molecule is C[C@H](NC(=O)c1ccc2c(c1)N(Cc1ccccc1F)C(=O)c1ccccc1S2)c1ccccc1. The van der Waals surface area contributed by atoms with E-state index in [0.717, 1.165) is 15.4 Å². The predicted molar refractivity (Wildman–Crippen MR) is 136 cm³/mol. The van der Waals surface area contributed by atoms with Gasteiger partial charge in [-0.25, -0.2) is 4.39 Å². The maximum Gasteiger partial charge on any atom is 0.259 e. The summed E-state index contributed by atoms with van der Waals surface area (Å²) in [6, 6.07) is 28.7. The lowest BCUT2D eigenvalue weighted by Gasteiger charge is -2.24. The molecule has 174 valence electrons. The second kappa shape index (κ2) is 9.76. The quantitative estimate of drug-likeness (QED) is 0.347. The highest BCUT2D eigenvalue weighted by Crippen LogP contribution is 2.42. The van der Waals surface area contributed by atoms with Crippen molar-refractivity contribution in [3.63, 3.8) is 0 Å². The van der Waals surface area contributed by atoms with Crippen molar-refractivity contribution in [2.45, 2.75) is 29.3 Å². The summed E-state index contributed by atoms with van der Waals surface area (Å²) in [5, 5.41) is 3.03. The minimum absolute atomic E-state index is 0.0545. The van der Waals surface area contributed by atoms with Gasteiger partial charge in [0.25, 0.3) is 11.8 Å². The summed E-state index contributed by atoms with van der Waals surface area (Å²) in [4.78, 5) is 30.0. The fourth-order valence-electron chi connectivity index (χ4n) is 4.12. The van der Waals surface area contributed by atoms with Gasteiger partial charge in [0.05, 0.1) is 23.8 Å². The van der Waals surface area contributed by atoms with Crippen LogP contribution in [-0.2, 0) is 6.54 Å². The molecule has 0 radical (unpaired) electrons. The van der Waals surface area contributed by atoms with E-state index in [2.05, 4.69) is 5.32 Å². The first-order chi connectivity index (χ1) is 17.0. The molecule has 1 aliphatic heterocycles. The lowest BCUT2D eigenvalue weighted by molar-refractivity contribution is 0.0937. The molecule has 35 heavy (non-hydrogen) atoms. The van der Waals surface area contributed by atoms with Gasteiger partial charge in [0.2, 0.25) is 0 Å². The highest BCUT2D eigenvalue weighted by Gasteiger charge is 2.29. The van der Waals surface area contributed by atoms with Gasteiger partial charge < -0.3 is 10.2 Å². The molecule has 2 amide bonds. The van der Waals surface area contributed by atoms with Crippen LogP contribution >= 0.6 is 11.8 Å². The summed E-state index contributed by atoms with van der Waals surface area (Å²) in [6.45, 7) is 1.98. The summed E-state index contributed by atoms with van der Waals surface area (Å²) >= 11 is 1.47. The molecule has 0 fully saturated rings. The zero-order valence-electron chi connectivity index (χ0n) is 19.1. The molecule has 4 aromatic carbocycles. The Kier molecular flexibility index (Phi) is 6.38. The number of carbonyl (C=O) groups excluding carboxylic acids is 2. The Hall–Kier alpha value is -3.90. The molecule has 1 atom stereocenters. The highest BCUT2D eigenvalue weighted by molar-refractivity contribution is 7.99. The fraction of sp³-hybridized carbons (Fsp3) is 0.103. The van der Waals surface area contributed by atoms with Gasteiger partial charge in [-0.15, -0.1) is 0 Å². The average Bonchev–Trinajstić information content (AvgIpc) is 3.00. The molecule has 0 aliphatic carbocycles. The maximum atomic E-state index is 14.5. The molecule has 0 saturated heterocycles. The normalized spacial score (nSPS) is 13.4. The number of hydrogen-bond acceptors (Lipinski definition) is 3. The Morgan fingerprint density at radius 3 is 2.43 bits per heavy atom. The number of nitrogens with zero attached hydrogens (tertiary/aromatic N) is 1. The van der Waals surface area contributed by atoms with Crippen molar-refractivity contribution in [3.8, 4) is 0 Å². The van der Waals surface area contributed by atoms with Crippen molar-refractivity contribution in [1.29, 1.82) is 0 Å². The molecule has 4 nitrogen and oxygen atoms in total. The van der Waals surface area contributed by atoms with Crippen molar-refractivity contribution >= 4 is 29.3 Å². The maximum absolute atomic E-state index is 14.5. The number of rotatable bonds is 5. The standard InChI is InChI=1S/C29H23FN2O2S/c1-19(20-9-3-2-4-10-20)31-28(33)21-15-16-27-25(17-21)32(18-22-11-5-7-13-24(22)30)29(34)23-12-6-8-14-26(23)35-27/h2-17,19H,18H2,1H3,(H,31,33)/t19-/m0/s1. The summed E-state index contributed by atoms with van der Waals surface area (Å²) in [6.07, 6.45) is 0. The topological polar surface area (TPSA) is 49.4 Å². The van der Waals surface area contributed by atoms with Crippen LogP contribution in [0.1, 0.15) is 44.8 Å². The van der Waals surface area contributed by atoms with E-state index in [4.69, 9.17) is 0 Å². The Labute approximate surface area is 207 Å². The Balaban J connectivity index is 1.53. The third kappa shape index (κ3) is 4.70. The number of nitrogens with one attached hydrogen (secondary N) is 1. The zero-order valence-corrected chi connectivity index (χ0v) is 19.9. The number of anilines is 1. The van der Waals surface area contributed by atoms with Crippen LogP contribution < -0.4 is 10.2 Å². The van der Waals surface area contributed by atoms with Gasteiger partial charge in [-0.05, 0) is 48.9 Å². The monoisotopic (exact) mass is 482 g/mol. The molecule has 0 aromatic heterocycles. The summed E-state index contributed by atoms with van der Waals surface area (Å²) < 4.78 is 14.5. The third-order valence-corrected chi connectivity index (χ3v) is 7.17. The van der Waals surface area contributed by atoms with Crippen molar-refractivity contribution in [1.82, 2.24) is 5.32 Å². The van der Waals surface area contributed by atoms with Crippen LogP contribution in [0.5, 0.6) is 0 Å². The van der Waals surface area contributed by atoms with Gasteiger partial charge in [0.1, 0.15) is 5.82 Å². The number of benzene rings is 4. The van der Waals surface area contributed by atoms with Crippen molar-refractivity contribution in [2.24, 2.45) is 0 Å². The molecule has 0 saturated carbocycles. The van der Waals surface area contributed by atoms with E-state index in [-0.39, 0.29) is 30.2 Å². The fourth-order valence-corrected chi connectivity index (χ4v) is 5.18. The van der Waals surface area contributed by atoms with Crippen LogP contribution in [-0.4, -0.2) is 11.8 Å². The van der Waals surface area contributed by atoms with Crippen LogP contribution in [0.25, 0.3) is 0 Å². The summed E-state index contributed by atoms with van der Waals surface area (Å²) in [5.74, 6) is -0.850. The first-order valence-corrected chi connectivity index (χ1v) is 12.1. The molecule has 6 heteroatoms. The second-order valence-electron chi connectivity index (χ2n) is 8.37. The van der Waals surface area contributed by atoms with E-state index >= 15 is 0 Å². The van der Waals surface area contributed by atoms with E-state index < -0.39 is 0 Å². The van der Waals surface area contributed by atoms with E-state index in [1.165, 1.54) is 17.8 Å². The molecule has 1 N–H and O–H groups in total. The molecule has 0 unspecified atom stereocenters. The van der Waals surface area contributed by atoms with E-state index in [0.29, 0.717) is 22.4 Å². The Morgan fingerprint density at radius 2 is 1.63 bits per heavy atom. The lowest BCUT2D eigenvalue weighted by Crippen LogP contribution is -2.31. The molecule has 1 heterocycles. The average molecular weight is 483 g/mol. The van der Waals surface area contributed by atoms with E-state index in [1.54, 1.807) is 41.3 Å². The summed E-state index contributed by atoms with van der Waals surface area (Å²) in [5.41, 5.74) is 2.97. The molecule has 1 aliphatic rings. The largest absolute Gasteiger partial charge is 0.346 e. The van der Waals surface area contributed by atoms with Gasteiger partial charge in [-0.2, -0.15) is 0 Å². The second-order valence-corrected chi connectivity index (χ2v) is 9.45. The molecular formula is C29H23FN2O2S. The van der Waals surface area contributed by atoms with Crippen molar-refractivity contribution in [2.75, 3.05) is 4.90 Å². The van der Waals surface area contributed by atoms with Gasteiger partial charge in [0.15, 0.2) is 0 Å². The van der Waals surface area contributed by atoms with Crippen LogP contribution in [0.15, 0.2) is 107 Å². The number of halogens is 1. The van der Waals surface area contributed by atoms with Crippen LogP contribution in [0.4, 0.5) is 10.1 Å². The van der Waals surface area contributed by atoms with E-state index in [9.17, 15) is 14.0 Å². The van der Waals surface area contributed by atoms with Gasteiger partial charge in [0, 0.05) is 20.9 Å². The third-order valence-electron chi connectivity index (χ3n) is 6.03. The van der Waals surface area contributed by atoms with Crippen molar-refractivity contribution in [3.05, 3.63) is 125 Å². The molecular weight excluding hydrogens is 459 g/mol. The zero-order chi connectivity index (χ0) is 24.4. The molecule has 4 aromatic rings. The molecule has 0 bridgehead atoms. The van der Waals surface area contributed by atoms with Gasteiger partial charge in [-0.1, -0.05) is 72.4 Å². The van der Waals surface area contributed by atoms with E-state index in [1.807, 2.05) is 61.5 Å².